The molecule has 0 atom stereocenters. The third-order valence-electron chi connectivity index (χ3n) is 5.07. The number of hydrogen-bond acceptors (Lipinski definition) is 7. The number of anilines is 1. The standard InChI is InChI=1S/C20H25N3O5S/c1-28-17-6-4-16(5-7-17)15-21-10-3-11-22(13-12-21)19-9-8-18(29(2,26)27)14-20(19)23(24)25/h4-9,14H,3,10-13,15H2,1-2H3. The number of methoxy groups -OCH3 is 1. The first-order valence-electron chi connectivity index (χ1n) is 9.36. The first kappa shape index (κ1) is 21.1. The normalized spacial score (nSPS) is 15.7. The van der Waals surface area contributed by atoms with Crippen molar-refractivity contribution in [3.8, 4) is 5.75 Å². The zero-order chi connectivity index (χ0) is 21.0. The van der Waals surface area contributed by atoms with Crippen LogP contribution >= 0.6 is 0 Å². The Morgan fingerprint density at radius 2 is 1.79 bits per heavy atom. The molecule has 1 saturated heterocycles. The van der Waals surface area contributed by atoms with Gasteiger partial charge in [0.05, 0.1) is 16.9 Å². The summed E-state index contributed by atoms with van der Waals surface area (Å²) in [6.45, 7) is 3.76. The molecule has 0 amide bonds. The molecule has 0 unspecified atom stereocenters. The van der Waals surface area contributed by atoms with E-state index < -0.39 is 14.8 Å². The number of nitro benzene ring substituents is 1. The molecule has 0 saturated carbocycles. The van der Waals surface area contributed by atoms with Crippen LogP contribution in [0.5, 0.6) is 5.75 Å². The van der Waals surface area contributed by atoms with Gasteiger partial charge in [0.25, 0.3) is 5.69 Å². The average Bonchev–Trinajstić information content (AvgIpc) is 2.93. The first-order chi connectivity index (χ1) is 13.8. The highest BCUT2D eigenvalue weighted by molar-refractivity contribution is 7.90. The number of ether oxygens (including phenoxy) is 1. The van der Waals surface area contributed by atoms with E-state index in [4.69, 9.17) is 4.74 Å². The van der Waals surface area contributed by atoms with Crippen LogP contribution in [0.1, 0.15) is 12.0 Å². The van der Waals surface area contributed by atoms with Gasteiger partial charge in [-0.25, -0.2) is 8.42 Å². The van der Waals surface area contributed by atoms with Crippen molar-refractivity contribution >= 4 is 21.2 Å². The molecule has 1 aliphatic heterocycles. The Morgan fingerprint density at radius 1 is 1.07 bits per heavy atom. The van der Waals surface area contributed by atoms with Gasteiger partial charge in [0.2, 0.25) is 0 Å². The van der Waals surface area contributed by atoms with E-state index in [1.54, 1.807) is 13.2 Å². The van der Waals surface area contributed by atoms with E-state index in [0.29, 0.717) is 18.8 Å². The maximum absolute atomic E-state index is 11.8. The molecular formula is C20H25N3O5S. The second-order valence-electron chi connectivity index (χ2n) is 7.14. The summed E-state index contributed by atoms with van der Waals surface area (Å²) in [5, 5.41) is 11.6. The molecule has 0 N–H and O–H groups in total. The van der Waals surface area contributed by atoms with Crippen LogP contribution in [0, 0.1) is 10.1 Å². The number of hydrogen-bond donors (Lipinski definition) is 0. The maximum atomic E-state index is 11.8. The molecule has 3 rings (SSSR count). The SMILES string of the molecule is COc1ccc(CN2CCCN(c3ccc(S(C)(=O)=O)cc3[N+](=O)[O-])CC2)cc1. The van der Waals surface area contributed by atoms with Crippen molar-refractivity contribution in [2.75, 3.05) is 44.4 Å². The predicted octanol–water partition coefficient (Wildman–Crippen LogP) is 2.72. The van der Waals surface area contributed by atoms with Crippen LogP contribution in [-0.4, -0.2) is 57.8 Å². The minimum absolute atomic E-state index is 0.0381. The summed E-state index contributed by atoms with van der Waals surface area (Å²) >= 11 is 0. The van der Waals surface area contributed by atoms with Crippen molar-refractivity contribution in [3.05, 3.63) is 58.1 Å². The summed E-state index contributed by atoms with van der Waals surface area (Å²) < 4.78 is 28.7. The number of sulfone groups is 1. The minimum atomic E-state index is -3.50. The van der Waals surface area contributed by atoms with Crippen molar-refractivity contribution in [1.29, 1.82) is 0 Å². The molecule has 0 spiro atoms. The topological polar surface area (TPSA) is 93.0 Å². The molecule has 0 aliphatic carbocycles. The molecule has 1 aliphatic rings. The Morgan fingerprint density at radius 3 is 2.41 bits per heavy atom. The second kappa shape index (κ2) is 8.79. The van der Waals surface area contributed by atoms with E-state index in [2.05, 4.69) is 4.90 Å². The molecule has 1 heterocycles. The van der Waals surface area contributed by atoms with Crippen LogP contribution in [0.4, 0.5) is 11.4 Å². The lowest BCUT2D eigenvalue weighted by Gasteiger charge is -2.23. The van der Waals surface area contributed by atoms with E-state index in [1.807, 2.05) is 29.2 Å². The van der Waals surface area contributed by atoms with Crippen molar-refractivity contribution in [2.45, 2.75) is 17.9 Å². The molecule has 2 aromatic rings. The van der Waals surface area contributed by atoms with E-state index in [-0.39, 0.29) is 10.6 Å². The van der Waals surface area contributed by atoms with Gasteiger partial charge in [0, 0.05) is 45.0 Å². The summed E-state index contributed by atoms with van der Waals surface area (Å²) in [7, 11) is -1.86. The molecule has 2 aromatic carbocycles. The van der Waals surface area contributed by atoms with E-state index in [1.165, 1.54) is 11.6 Å². The summed E-state index contributed by atoms with van der Waals surface area (Å²) in [5.41, 5.74) is 1.48. The molecule has 0 bridgehead atoms. The zero-order valence-corrected chi connectivity index (χ0v) is 17.4. The molecular weight excluding hydrogens is 394 g/mol. The summed E-state index contributed by atoms with van der Waals surface area (Å²) in [5.74, 6) is 0.820. The molecule has 1 fully saturated rings. The molecule has 0 radical (unpaired) electrons. The molecule has 8 nitrogen and oxygen atoms in total. The van der Waals surface area contributed by atoms with Gasteiger partial charge in [-0.15, -0.1) is 0 Å². The van der Waals surface area contributed by atoms with Crippen LogP contribution < -0.4 is 9.64 Å². The third-order valence-corrected chi connectivity index (χ3v) is 6.18. The lowest BCUT2D eigenvalue weighted by Crippen LogP contribution is -2.30. The highest BCUT2D eigenvalue weighted by Gasteiger charge is 2.24. The lowest BCUT2D eigenvalue weighted by atomic mass is 10.2. The molecule has 29 heavy (non-hydrogen) atoms. The zero-order valence-electron chi connectivity index (χ0n) is 16.6. The smallest absolute Gasteiger partial charge is 0.293 e. The molecule has 9 heteroatoms. The highest BCUT2D eigenvalue weighted by Crippen LogP contribution is 2.31. The first-order valence-corrected chi connectivity index (χ1v) is 11.3. The van der Waals surface area contributed by atoms with Crippen molar-refractivity contribution in [2.24, 2.45) is 0 Å². The van der Waals surface area contributed by atoms with Crippen LogP contribution in [-0.2, 0) is 16.4 Å². The largest absolute Gasteiger partial charge is 0.497 e. The molecule has 0 aromatic heterocycles. The average molecular weight is 420 g/mol. The van der Waals surface area contributed by atoms with Crippen LogP contribution in [0.3, 0.4) is 0 Å². The Bertz CT molecular complexity index is 976. The van der Waals surface area contributed by atoms with Crippen molar-refractivity contribution < 1.29 is 18.1 Å². The van der Waals surface area contributed by atoms with Gasteiger partial charge in [-0.05, 0) is 36.2 Å². The van der Waals surface area contributed by atoms with Gasteiger partial charge < -0.3 is 9.64 Å². The Hall–Kier alpha value is -2.65. The van der Waals surface area contributed by atoms with Crippen molar-refractivity contribution in [3.63, 3.8) is 0 Å². The van der Waals surface area contributed by atoms with Crippen molar-refractivity contribution in [1.82, 2.24) is 4.90 Å². The molecule has 156 valence electrons. The number of rotatable bonds is 6. The van der Waals surface area contributed by atoms with Crippen LogP contribution in [0.2, 0.25) is 0 Å². The Kier molecular flexibility index (Phi) is 6.39. The van der Waals surface area contributed by atoms with Gasteiger partial charge in [0.15, 0.2) is 9.84 Å². The Balaban J connectivity index is 1.74. The summed E-state index contributed by atoms with van der Waals surface area (Å²) in [4.78, 5) is 15.3. The second-order valence-corrected chi connectivity index (χ2v) is 9.16. The fourth-order valence-corrected chi connectivity index (χ4v) is 4.15. The van der Waals surface area contributed by atoms with Gasteiger partial charge in [-0.1, -0.05) is 12.1 Å². The van der Waals surface area contributed by atoms with Gasteiger partial charge >= 0.3 is 0 Å². The third kappa shape index (κ3) is 5.24. The summed E-state index contributed by atoms with van der Waals surface area (Å²) in [6.07, 6.45) is 1.91. The van der Waals surface area contributed by atoms with Gasteiger partial charge in [-0.3, -0.25) is 15.0 Å². The van der Waals surface area contributed by atoms with E-state index >= 15 is 0 Å². The number of nitrogens with zero attached hydrogens (tertiary/aromatic N) is 3. The minimum Gasteiger partial charge on any atom is -0.497 e. The quantitative estimate of drug-likeness (QED) is 0.525. The van der Waals surface area contributed by atoms with Crippen LogP contribution in [0.15, 0.2) is 47.4 Å². The monoisotopic (exact) mass is 419 g/mol. The number of benzene rings is 2. The number of nitro groups is 1. The Labute approximate surface area is 170 Å². The summed E-state index contributed by atoms with van der Waals surface area (Å²) in [6, 6.07) is 12.1. The maximum Gasteiger partial charge on any atom is 0.293 e. The predicted molar refractivity (Wildman–Crippen MR) is 111 cm³/mol. The van der Waals surface area contributed by atoms with Gasteiger partial charge in [0.1, 0.15) is 11.4 Å². The van der Waals surface area contributed by atoms with Gasteiger partial charge in [-0.2, -0.15) is 0 Å². The fraction of sp³-hybridized carbons (Fsp3) is 0.400. The van der Waals surface area contributed by atoms with Crippen LogP contribution in [0.25, 0.3) is 0 Å². The lowest BCUT2D eigenvalue weighted by molar-refractivity contribution is -0.384. The highest BCUT2D eigenvalue weighted by atomic mass is 32.2. The van der Waals surface area contributed by atoms with E-state index in [9.17, 15) is 18.5 Å². The fourth-order valence-electron chi connectivity index (χ4n) is 3.51. The van der Waals surface area contributed by atoms with E-state index in [0.717, 1.165) is 44.1 Å².